The fraction of sp³-hybridized carbons (Fsp3) is 0.333. The summed E-state index contributed by atoms with van der Waals surface area (Å²) in [7, 11) is 0. The lowest BCUT2D eigenvalue weighted by Gasteiger charge is -2.23. The van der Waals surface area contributed by atoms with Crippen LogP contribution in [-0.2, 0) is 12.8 Å². The van der Waals surface area contributed by atoms with E-state index >= 15 is 0 Å². The van der Waals surface area contributed by atoms with Crippen LogP contribution >= 0.6 is 0 Å². The number of aromatic nitrogens is 2. The number of aryl methyl sites for hydroxylation is 2. The van der Waals surface area contributed by atoms with Crippen molar-refractivity contribution in [2.75, 3.05) is 6.61 Å². The summed E-state index contributed by atoms with van der Waals surface area (Å²) in [5.74, 6) is 1.23. The first-order chi connectivity index (χ1) is 15.3. The zero-order valence-electron chi connectivity index (χ0n) is 17.8. The molecule has 32 heavy (non-hydrogen) atoms. The molecule has 1 aliphatic carbocycles. The summed E-state index contributed by atoms with van der Waals surface area (Å²) >= 11 is 0. The van der Waals surface area contributed by atoms with Gasteiger partial charge in [0.1, 0.15) is 17.2 Å². The van der Waals surface area contributed by atoms with Crippen LogP contribution in [-0.4, -0.2) is 22.9 Å². The van der Waals surface area contributed by atoms with E-state index in [4.69, 9.17) is 14.5 Å². The number of fused-ring (bicyclic) bond motifs is 1. The average molecular weight is 444 g/mol. The fourth-order valence-corrected chi connectivity index (χ4v) is 3.89. The standard InChI is InChI=1S/C24H23F3N2O3/c1-3-30-23-19-6-4-5-7-20(19)29-15(2)22(23)16-8-13-21(28-14-16)31-17-9-11-18(12-10-17)32-24(25,26)27/h8-14H,3-7H2,1-2H3. The van der Waals surface area contributed by atoms with E-state index in [0.717, 1.165) is 53.9 Å². The van der Waals surface area contributed by atoms with Crippen LogP contribution in [0.25, 0.3) is 11.1 Å². The highest BCUT2D eigenvalue weighted by Gasteiger charge is 2.31. The Morgan fingerprint density at radius 1 is 0.969 bits per heavy atom. The molecule has 0 unspecified atom stereocenters. The van der Waals surface area contributed by atoms with Gasteiger partial charge in [-0.1, -0.05) is 0 Å². The van der Waals surface area contributed by atoms with E-state index in [0.29, 0.717) is 18.2 Å². The molecule has 1 aliphatic rings. The van der Waals surface area contributed by atoms with Crippen molar-refractivity contribution in [3.05, 3.63) is 59.5 Å². The molecule has 0 spiro atoms. The lowest BCUT2D eigenvalue weighted by molar-refractivity contribution is -0.274. The molecule has 1 aromatic carbocycles. The summed E-state index contributed by atoms with van der Waals surface area (Å²) < 4.78 is 52.4. The van der Waals surface area contributed by atoms with Crippen molar-refractivity contribution < 1.29 is 27.4 Å². The van der Waals surface area contributed by atoms with E-state index in [9.17, 15) is 13.2 Å². The molecular formula is C24H23F3N2O3. The SMILES string of the molecule is CCOc1c2c(nc(C)c1-c1ccc(Oc3ccc(OC(F)(F)F)cc3)nc1)CCCC2. The van der Waals surface area contributed by atoms with E-state index in [1.165, 1.54) is 29.8 Å². The maximum atomic E-state index is 12.3. The molecule has 0 radical (unpaired) electrons. The molecule has 3 aromatic rings. The van der Waals surface area contributed by atoms with Gasteiger partial charge >= 0.3 is 6.36 Å². The topological polar surface area (TPSA) is 53.5 Å². The molecule has 8 heteroatoms. The second-order valence-electron chi connectivity index (χ2n) is 7.47. The van der Waals surface area contributed by atoms with Crippen molar-refractivity contribution in [3.63, 3.8) is 0 Å². The number of ether oxygens (including phenoxy) is 3. The first-order valence-electron chi connectivity index (χ1n) is 10.5. The van der Waals surface area contributed by atoms with Crippen LogP contribution in [0.1, 0.15) is 36.7 Å². The third-order valence-electron chi connectivity index (χ3n) is 5.20. The van der Waals surface area contributed by atoms with Crippen LogP contribution < -0.4 is 14.2 Å². The monoisotopic (exact) mass is 444 g/mol. The lowest BCUT2D eigenvalue weighted by atomic mass is 9.91. The molecule has 0 saturated heterocycles. The van der Waals surface area contributed by atoms with Gasteiger partial charge in [-0.2, -0.15) is 0 Å². The molecule has 4 rings (SSSR count). The number of hydrogen-bond donors (Lipinski definition) is 0. The van der Waals surface area contributed by atoms with E-state index in [1.54, 1.807) is 12.3 Å². The first-order valence-corrected chi connectivity index (χ1v) is 10.5. The van der Waals surface area contributed by atoms with Gasteiger partial charge in [0.2, 0.25) is 5.88 Å². The van der Waals surface area contributed by atoms with Crippen molar-refractivity contribution >= 4 is 0 Å². The van der Waals surface area contributed by atoms with Gasteiger partial charge in [0.05, 0.1) is 6.61 Å². The van der Waals surface area contributed by atoms with Gasteiger partial charge < -0.3 is 14.2 Å². The molecule has 0 amide bonds. The minimum absolute atomic E-state index is 0.313. The zero-order valence-corrected chi connectivity index (χ0v) is 17.8. The molecule has 0 fully saturated rings. The van der Waals surface area contributed by atoms with Crippen LogP contribution in [0, 0.1) is 6.92 Å². The normalized spacial score (nSPS) is 13.4. The summed E-state index contributed by atoms with van der Waals surface area (Å²) in [4.78, 5) is 9.20. The minimum atomic E-state index is -4.73. The number of benzene rings is 1. The number of hydrogen-bond acceptors (Lipinski definition) is 5. The maximum absolute atomic E-state index is 12.3. The van der Waals surface area contributed by atoms with Gasteiger partial charge in [-0.05, 0) is 69.9 Å². The molecule has 0 bridgehead atoms. The Morgan fingerprint density at radius 2 is 1.69 bits per heavy atom. The van der Waals surface area contributed by atoms with E-state index in [-0.39, 0.29) is 5.75 Å². The van der Waals surface area contributed by atoms with Crippen LogP contribution in [0.3, 0.4) is 0 Å². The van der Waals surface area contributed by atoms with Gasteiger partial charge in [0.25, 0.3) is 0 Å². The smallest absolute Gasteiger partial charge is 0.493 e. The fourth-order valence-electron chi connectivity index (χ4n) is 3.89. The largest absolute Gasteiger partial charge is 0.573 e. The Balaban J connectivity index is 1.56. The van der Waals surface area contributed by atoms with Crippen molar-refractivity contribution in [2.45, 2.75) is 45.9 Å². The second-order valence-corrected chi connectivity index (χ2v) is 7.47. The first kappa shape index (κ1) is 21.9. The summed E-state index contributed by atoms with van der Waals surface area (Å²) in [5, 5.41) is 0. The Morgan fingerprint density at radius 3 is 2.34 bits per heavy atom. The highest BCUT2D eigenvalue weighted by atomic mass is 19.4. The van der Waals surface area contributed by atoms with Gasteiger partial charge in [-0.3, -0.25) is 4.98 Å². The molecule has 2 aromatic heterocycles. The van der Waals surface area contributed by atoms with E-state index in [2.05, 4.69) is 9.72 Å². The van der Waals surface area contributed by atoms with Gasteiger partial charge in [-0.15, -0.1) is 13.2 Å². The molecule has 5 nitrogen and oxygen atoms in total. The predicted molar refractivity (Wildman–Crippen MR) is 113 cm³/mol. The van der Waals surface area contributed by atoms with Crippen molar-refractivity contribution in [2.24, 2.45) is 0 Å². The number of alkyl halides is 3. The zero-order chi connectivity index (χ0) is 22.7. The number of rotatable bonds is 6. The Bertz CT molecular complexity index is 1080. The molecular weight excluding hydrogens is 421 g/mol. The van der Waals surface area contributed by atoms with Crippen molar-refractivity contribution in [1.29, 1.82) is 0 Å². The van der Waals surface area contributed by atoms with E-state index < -0.39 is 6.36 Å². The maximum Gasteiger partial charge on any atom is 0.573 e. The Kier molecular flexibility index (Phi) is 6.21. The summed E-state index contributed by atoms with van der Waals surface area (Å²) in [6, 6.07) is 8.75. The number of pyridine rings is 2. The van der Waals surface area contributed by atoms with Crippen LogP contribution in [0.5, 0.6) is 23.1 Å². The van der Waals surface area contributed by atoms with Gasteiger partial charge in [0, 0.05) is 40.3 Å². The summed E-state index contributed by atoms with van der Waals surface area (Å²) in [5.41, 5.74) is 4.99. The molecule has 0 saturated carbocycles. The van der Waals surface area contributed by atoms with Crippen LogP contribution in [0.2, 0.25) is 0 Å². The quantitative estimate of drug-likeness (QED) is 0.439. The van der Waals surface area contributed by atoms with Crippen molar-refractivity contribution in [1.82, 2.24) is 9.97 Å². The van der Waals surface area contributed by atoms with Gasteiger partial charge in [-0.25, -0.2) is 4.98 Å². The second kappa shape index (κ2) is 9.06. The van der Waals surface area contributed by atoms with Gasteiger partial charge in [0.15, 0.2) is 0 Å². The third kappa shape index (κ3) is 4.95. The Labute approximate surface area is 184 Å². The predicted octanol–water partition coefficient (Wildman–Crippen LogP) is 6.42. The minimum Gasteiger partial charge on any atom is -0.493 e. The third-order valence-corrected chi connectivity index (χ3v) is 5.20. The molecule has 0 aliphatic heterocycles. The summed E-state index contributed by atoms with van der Waals surface area (Å²) in [6.45, 7) is 4.50. The molecule has 0 N–H and O–H groups in total. The number of halogens is 3. The molecule has 2 heterocycles. The average Bonchev–Trinajstić information content (AvgIpc) is 2.75. The van der Waals surface area contributed by atoms with E-state index in [1.807, 2.05) is 19.9 Å². The lowest BCUT2D eigenvalue weighted by Crippen LogP contribution is -2.16. The Hall–Kier alpha value is -3.29. The summed E-state index contributed by atoms with van der Waals surface area (Å²) in [6.07, 6.45) is 1.14. The van der Waals surface area contributed by atoms with Crippen LogP contribution in [0.4, 0.5) is 13.2 Å². The van der Waals surface area contributed by atoms with Crippen LogP contribution in [0.15, 0.2) is 42.6 Å². The highest BCUT2D eigenvalue weighted by molar-refractivity contribution is 5.74. The highest BCUT2D eigenvalue weighted by Crippen LogP contribution is 2.40. The molecule has 0 atom stereocenters. The molecule has 168 valence electrons. The number of nitrogens with zero attached hydrogens (tertiary/aromatic N) is 2. The van der Waals surface area contributed by atoms with Crippen molar-refractivity contribution in [3.8, 4) is 34.3 Å².